The fourth-order valence-electron chi connectivity index (χ4n) is 2.99. The van der Waals surface area contributed by atoms with Gasteiger partial charge in [0.05, 0.1) is 29.0 Å². The Morgan fingerprint density at radius 2 is 2.19 bits per heavy atom. The molecule has 0 saturated heterocycles. The molecule has 0 spiro atoms. The lowest BCUT2D eigenvalue weighted by molar-refractivity contribution is 0.0957. The minimum Gasteiger partial charge on any atom is -0.489 e. The molecule has 1 aliphatic heterocycles. The number of H-pyrrole nitrogens is 1. The molecule has 4 rings (SSSR count). The Morgan fingerprint density at radius 1 is 1.31 bits per heavy atom. The second-order valence-corrected chi connectivity index (χ2v) is 6.55. The van der Waals surface area contributed by atoms with E-state index in [9.17, 15) is 4.79 Å². The lowest BCUT2D eigenvalue weighted by Crippen LogP contribution is -2.24. The number of hydrogen-bond acceptors (Lipinski definition) is 4. The van der Waals surface area contributed by atoms with Crippen molar-refractivity contribution in [3.05, 3.63) is 64.1 Å². The van der Waals surface area contributed by atoms with Gasteiger partial charge in [0.2, 0.25) is 0 Å². The summed E-state index contributed by atoms with van der Waals surface area (Å²) in [5.41, 5.74) is 5.20. The van der Waals surface area contributed by atoms with E-state index in [1.807, 2.05) is 31.3 Å². The topological polar surface area (TPSA) is 79.9 Å². The predicted octanol–water partition coefficient (Wildman–Crippen LogP) is 3.15. The molecule has 2 N–H and O–H groups in total. The van der Waals surface area contributed by atoms with Gasteiger partial charge in [0.1, 0.15) is 6.61 Å². The van der Waals surface area contributed by atoms with E-state index in [2.05, 4.69) is 20.5 Å². The maximum atomic E-state index is 12.3. The molecule has 26 heavy (non-hydrogen) atoms. The molecule has 0 aliphatic carbocycles. The summed E-state index contributed by atoms with van der Waals surface area (Å²) < 4.78 is 5.66. The minimum absolute atomic E-state index is 0.158. The number of aromatic nitrogens is 3. The number of aromatic amines is 1. The molecular formula is C19H17ClN4O2. The molecule has 0 bridgehead atoms. The minimum atomic E-state index is -0.158. The number of nitrogens with one attached hydrogen (secondary N) is 2. The van der Waals surface area contributed by atoms with Gasteiger partial charge in [-0.15, -0.1) is 0 Å². The molecule has 1 amide bonds. The fraction of sp³-hybridized carbons (Fsp3) is 0.211. The summed E-state index contributed by atoms with van der Waals surface area (Å²) in [6.45, 7) is 2.83. The van der Waals surface area contributed by atoms with Crippen LogP contribution in [-0.4, -0.2) is 34.2 Å². The smallest absolute Gasteiger partial charge is 0.255 e. The third kappa shape index (κ3) is 3.04. The molecule has 0 atom stereocenters. The monoisotopic (exact) mass is 368 g/mol. The van der Waals surface area contributed by atoms with Crippen molar-refractivity contribution < 1.29 is 9.53 Å². The van der Waals surface area contributed by atoms with Gasteiger partial charge in [0.15, 0.2) is 5.75 Å². The number of ether oxygens (including phenoxy) is 1. The van der Waals surface area contributed by atoms with E-state index >= 15 is 0 Å². The highest BCUT2D eigenvalue weighted by atomic mass is 35.5. The molecule has 3 heterocycles. The Bertz CT molecular complexity index is 953. The summed E-state index contributed by atoms with van der Waals surface area (Å²) in [7, 11) is 0. The molecular weight excluding hydrogens is 352 g/mol. The van der Waals surface area contributed by atoms with E-state index in [0.29, 0.717) is 35.9 Å². The van der Waals surface area contributed by atoms with Crippen LogP contribution in [0.25, 0.3) is 11.3 Å². The van der Waals surface area contributed by atoms with Crippen molar-refractivity contribution in [2.45, 2.75) is 13.3 Å². The van der Waals surface area contributed by atoms with E-state index in [0.717, 1.165) is 27.9 Å². The van der Waals surface area contributed by atoms with Crippen molar-refractivity contribution in [1.29, 1.82) is 0 Å². The fourth-order valence-corrected chi connectivity index (χ4v) is 3.27. The van der Waals surface area contributed by atoms with Crippen molar-refractivity contribution in [1.82, 2.24) is 20.5 Å². The van der Waals surface area contributed by atoms with Crippen LogP contribution in [0, 0.1) is 6.92 Å². The van der Waals surface area contributed by atoms with E-state index < -0.39 is 0 Å². The van der Waals surface area contributed by atoms with Crippen molar-refractivity contribution in [3.63, 3.8) is 0 Å². The molecule has 132 valence electrons. The van der Waals surface area contributed by atoms with Crippen LogP contribution in [0.5, 0.6) is 5.75 Å². The Labute approximate surface area is 155 Å². The van der Waals surface area contributed by atoms with Crippen LogP contribution in [0.1, 0.15) is 27.0 Å². The van der Waals surface area contributed by atoms with Gasteiger partial charge in [0.25, 0.3) is 5.91 Å². The van der Waals surface area contributed by atoms with Gasteiger partial charge in [-0.3, -0.25) is 14.9 Å². The van der Waals surface area contributed by atoms with Crippen molar-refractivity contribution in [2.75, 3.05) is 13.2 Å². The first-order chi connectivity index (χ1) is 12.6. The highest BCUT2D eigenvalue weighted by molar-refractivity contribution is 6.33. The average molecular weight is 369 g/mol. The van der Waals surface area contributed by atoms with E-state index in [4.69, 9.17) is 16.3 Å². The summed E-state index contributed by atoms with van der Waals surface area (Å²) in [6.07, 6.45) is 6.00. The zero-order chi connectivity index (χ0) is 18.1. The first-order valence-corrected chi connectivity index (χ1v) is 8.68. The molecule has 0 unspecified atom stereocenters. The standard InChI is InChI=1S/C19H17ClN4O2/c1-11-13(7-15-18(17(11)20)26-5-4-21-19(15)25)6-12-2-3-16(22-8-12)14-9-23-24-10-14/h2-3,7-10H,4-6H2,1H3,(H,21,25)(H,23,24). The van der Waals surface area contributed by atoms with Crippen LogP contribution in [0.2, 0.25) is 5.02 Å². The molecule has 0 fully saturated rings. The zero-order valence-electron chi connectivity index (χ0n) is 14.2. The van der Waals surface area contributed by atoms with Crippen molar-refractivity contribution in [2.24, 2.45) is 0 Å². The third-order valence-electron chi connectivity index (χ3n) is 4.47. The van der Waals surface area contributed by atoms with Crippen molar-refractivity contribution >= 4 is 17.5 Å². The summed E-state index contributed by atoms with van der Waals surface area (Å²) in [4.78, 5) is 16.8. The van der Waals surface area contributed by atoms with Crippen LogP contribution < -0.4 is 10.1 Å². The molecule has 1 aliphatic rings. The van der Waals surface area contributed by atoms with Crippen LogP contribution in [-0.2, 0) is 6.42 Å². The first-order valence-electron chi connectivity index (χ1n) is 8.30. The number of amides is 1. The first kappa shape index (κ1) is 16.6. The van der Waals surface area contributed by atoms with E-state index in [1.54, 1.807) is 12.4 Å². The number of halogens is 1. The normalized spacial score (nSPS) is 13.5. The number of carbonyl (C=O) groups excluding carboxylic acids is 1. The highest BCUT2D eigenvalue weighted by Gasteiger charge is 2.22. The number of benzene rings is 1. The van der Waals surface area contributed by atoms with Crippen LogP contribution in [0.3, 0.4) is 0 Å². The van der Waals surface area contributed by atoms with E-state index in [1.165, 1.54) is 0 Å². The van der Waals surface area contributed by atoms with Gasteiger partial charge in [-0.05, 0) is 42.2 Å². The number of pyridine rings is 1. The number of carbonyl (C=O) groups is 1. The highest BCUT2D eigenvalue weighted by Crippen LogP contribution is 2.36. The van der Waals surface area contributed by atoms with Crippen LogP contribution in [0.15, 0.2) is 36.8 Å². The zero-order valence-corrected chi connectivity index (χ0v) is 14.9. The second kappa shape index (κ2) is 6.80. The molecule has 2 aromatic heterocycles. The van der Waals surface area contributed by atoms with Crippen LogP contribution >= 0.6 is 11.6 Å². The average Bonchev–Trinajstić information content (AvgIpc) is 3.12. The van der Waals surface area contributed by atoms with Gasteiger partial charge in [-0.2, -0.15) is 5.10 Å². The van der Waals surface area contributed by atoms with Gasteiger partial charge in [0, 0.05) is 18.0 Å². The van der Waals surface area contributed by atoms with Gasteiger partial charge in [-0.1, -0.05) is 17.7 Å². The largest absolute Gasteiger partial charge is 0.489 e. The Morgan fingerprint density at radius 3 is 2.92 bits per heavy atom. The molecule has 7 heteroatoms. The van der Waals surface area contributed by atoms with Gasteiger partial charge < -0.3 is 10.1 Å². The maximum Gasteiger partial charge on any atom is 0.255 e. The number of nitrogens with zero attached hydrogens (tertiary/aromatic N) is 2. The summed E-state index contributed by atoms with van der Waals surface area (Å²) in [5.74, 6) is 0.311. The number of rotatable bonds is 3. The molecule has 6 nitrogen and oxygen atoms in total. The summed E-state index contributed by atoms with van der Waals surface area (Å²) in [5, 5.41) is 10.0. The Balaban J connectivity index is 1.66. The van der Waals surface area contributed by atoms with E-state index in [-0.39, 0.29) is 5.91 Å². The number of hydrogen-bond donors (Lipinski definition) is 2. The summed E-state index contributed by atoms with van der Waals surface area (Å²) >= 11 is 6.48. The quantitative estimate of drug-likeness (QED) is 0.744. The Kier molecular flexibility index (Phi) is 4.34. The lowest BCUT2D eigenvalue weighted by atomic mass is 9.97. The molecule has 0 saturated carbocycles. The van der Waals surface area contributed by atoms with Gasteiger partial charge >= 0.3 is 0 Å². The molecule has 0 radical (unpaired) electrons. The predicted molar refractivity (Wildman–Crippen MR) is 98.6 cm³/mol. The van der Waals surface area contributed by atoms with Crippen LogP contribution in [0.4, 0.5) is 0 Å². The van der Waals surface area contributed by atoms with Crippen molar-refractivity contribution in [3.8, 4) is 17.0 Å². The molecule has 1 aromatic carbocycles. The number of fused-ring (bicyclic) bond motifs is 1. The second-order valence-electron chi connectivity index (χ2n) is 6.17. The lowest BCUT2D eigenvalue weighted by Gasteiger charge is -2.14. The maximum absolute atomic E-state index is 12.3. The Hall–Kier alpha value is -2.86. The summed E-state index contributed by atoms with van der Waals surface area (Å²) in [6, 6.07) is 5.84. The molecule has 3 aromatic rings. The van der Waals surface area contributed by atoms with Gasteiger partial charge in [-0.25, -0.2) is 0 Å². The third-order valence-corrected chi connectivity index (χ3v) is 4.92. The SMILES string of the molecule is Cc1c(Cc2ccc(-c3cn[nH]c3)nc2)cc2c(c1Cl)OCCNC2=O.